The number of nitrogens with zero attached hydrogens (tertiary/aromatic N) is 4. The summed E-state index contributed by atoms with van der Waals surface area (Å²) < 4.78 is 24.6. The molecule has 3 N–H and O–H groups in total. The average molecular weight is 957 g/mol. The number of rotatable bonds is 11. The molecule has 0 bridgehead atoms. The number of benzene rings is 1. The summed E-state index contributed by atoms with van der Waals surface area (Å²) >= 11 is 0. The number of esters is 2. The Bertz CT molecular complexity index is 1840. The van der Waals surface area contributed by atoms with E-state index in [-0.39, 0.29) is 37.0 Å². The third kappa shape index (κ3) is 15.9. The summed E-state index contributed by atoms with van der Waals surface area (Å²) in [7, 11) is 5.97. The van der Waals surface area contributed by atoms with Crippen LogP contribution < -0.4 is 0 Å². The van der Waals surface area contributed by atoms with Crippen molar-refractivity contribution in [2.24, 2.45) is 35.5 Å². The number of cyclic esters (lactones) is 2. The van der Waals surface area contributed by atoms with Crippen molar-refractivity contribution < 1.29 is 58.2 Å². The van der Waals surface area contributed by atoms with E-state index < -0.39 is 115 Å². The second-order valence-corrected chi connectivity index (χ2v) is 20.7. The first-order valence-corrected chi connectivity index (χ1v) is 24.4. The molecule has 1 aromatic carbocycles. The number of aliphatic hydroxyl groups is 3. The lowest BCUT2D eigenvalue weighted by molar-refractivity contribution is -0.215. The molecule has 1 heterocycles. The fourth-order valence-corrected chi connectivity index (χ4v) is 8.73. The van der Waals surface area contributed by atoms with Crippen LogP contribution in [0.15, 0.2) is 54.6 Å². The van der Waals surface area contributed by atoms with Crippen LogP contribution in [0, 0.1) is 35.5 Å². The van der Waals surface area contributed by atoms with E-state index >= 15 is 0 Å². The molecule has 68 heavy (non-hydrogen) atoms. The topological polar surface area (TPSA) is 196 Å². The van der Waals surface area contributed by atoms with Crippen molar-refractivity contribution in [3.8, 4) is 0 Å². The Morgan fingerprint density at radius 1 is 0.618 bits per heavy atom. The molecular formula is C52H84N4O12. The van der Waals surface area contributed by atoms with Gasteiger partial charge in [-0.2, -0.15) is 0 Å². The molecule has 1 fully saturated rings. The highest BCUT2D eigenvalue weighted by Crippen LogP contribution is 2.29. The first-order chi connectivity index (χ1) is 31.8. The molecule has 384 valence electrons. The zero-order valence-electron chi connectivity index (χ0n) is 43.4. The van der Waals surface area contributed by atoms with Gasteiger partial charge in [0.05, 0.1) is 12.1 Å². The van der Waals surface area contributed by atoms with Crippen LogP contribution in [-0.4, -0.2) is 160 Å². The highest BCUT2D eigenvalue weighted by molar-refractivity contribution is 5.91. The zero-order chi connectivity index (χ0) is 51.3. The van der Waals surface area contributed by atoms with Gasteiger partial charge in [0.15, 0.2) is 18.7 Å². The summed E-state index contributed by atoms with van der Waals surface area (Å²) in [5.41, 5.74) is 0.757. The number of likely N-dealkylation sites (N-methyl/N-ethyl adjacent to an activating group) is 4. The van der Waals surface area contributed by atoms with Crippen molar-refractivity contribution in [3.63, 3.8) is 0 Å². The smallest absolute Gasteiger partial charge is 0.329 e. The standard InChI is InChI=1S/C52H84N4O12/c1-30(2)26-38-49(61)65-35(11)45(57)53(12)40(28-36-22-18-16-19-23-36)51(63)67-43(33(7)8)47(59)55(14)39(27-31(3)4)50(62)66-44(34(9)10)48(60)56(15)41(29-37-24-20-17-21-25-37)52(64)68-42(32(5)6)46(58)54(38)13/h16-24,30-35,37-44,46,49,51,58,61,63H,25-29H2,1-15H3. The minimum Gasteiger partial charge on any atom is -0.456 e. The maximum atomic E-state index is 14.7. The molecular weight excluding hydrogens is 873 g/mol. The van der Waals surface area contributed by atoms with Gasteiger partial charge in [-0.15, -0.1) is 0 Å². The van der Waals surface area contributed by atoms with Gasteiger partial charge < -0.3 is 49.0 Å². The van der Waals surface area contributed by atoms with Gasteiger partial charge in [0, 0.05) is 21.1 Å². The number of hydrogen-bond donors (Lipinski definition) is 3. The van der Waals surface area contributed by atoms with E-state index in [1.807, 2.05) is 82.3 Å². The van der Waals surface area contributed by atoms with Crippen LogP contribution in [0.3, 0.4) is 0 Å². The Kier molecular flexibility index (Phi) is 22.8. The molecule has 16 heteroatoms. The molecule has 0 spiro atoms. The summed E-state index contributed by atoms with van der Waals surface area (Å²) in [5.74, 6) is -5.39. The summed E-state index contributed by atoms with van der Waals surface area (Å²) in [6.07, 6.45) is -1.01. The Hall–Kier alpha value is -4.19. The molecule has 0 saturated carbocycles. The van der Waals surface area contributed by atoms with Crippen LogP contribution in [-0.2, 0) is 49.3 Å². The summed E-state index contributed by atoms with van der Waals surface area (Å²) in [5, 5.41) is 35.9. The first-order valence-electron chi connectivity index (χ1n) is 24.4. The van der Waals surface area contributed by atoms with E-state index in [9.17, 15) is 39.3 Å². The maximum Gasteiger partial charge on any atom is 0.329 e. The van der Waals surface area contributed by atoms with E-state index in [4.69, 9.17) is 18.9 Å². The lowest BCUT2D eigenvalue weighted by Crippen LogP contribution is -2.58. The minimum atomic E-state index is -1.73. The molecule has 2 aliphatic rings. The Morgan fingerprint density at radius 2 is 1.16 bits per heavy atom. The molecule has 1 aromatic rings. The van der Waals surface area contributed by atoms with E-state index in [0.717, 1.165) is 5.56 Å². The SMILES string of the molecule is CC(C)CC1C(=O)OC(C(C)C)C(=O)N(C)C(CC2C=CC=CC2)C(=O)OC(C(C)C)C(O)N(C)C(CC(C)C)C(O)OC(C)C(=O)N(C)C(Cc2ccccc2)C(O)OC(C(C)C)C(=O)N1C. The van der Waals surface area contributed by atoms with Crippen molar-refractivity contribution in [1.82, 2.24) is 19.6 Å². The lowest BCUT2D eigenvalue weighted by Gasteiger charge is -2.41. The second-order valence-electron chi connectivity index (χ2n) is 20.7. The number of carbonyl (C=O) groups is 5. The monoisotopic (exact) mass is 957 g/mol. The van der Waals surface area contributed by atoms with E-state index in [1.54, 1.807) is 48.6 Å². The Labute approximate surface area is 406 Å². The molecule has 1 aliphatic heterocycles. The fourth-order valence-electron chi connectivity index (χ4n) is 8.73. The van der Waals surface area contributed by atoms with Gasteiger partial charge in [0.2, 0.25) is 0 Å². The lowest BCUT2D eigenvalue weighted by atomic mass is 9.92. The zero-order valence-corrected chi connectivity index (χ0v) is 43.4. The Balaban J connectivity index is 2.25. The number of amides is 3. The van der Waals surface area contributed by atoms with Gasteiger partial charge in [-0.25, -0.2) is 9.59 Å². The van der Waals surface area contributed by atoms with Gasteiger partial charge >= 0.3 is 11.9 Å². The molecule has 16 nitrogen and oxygen atoms in total. The van der Waals surface area contributed by atoms with Gasteiger partial charge in [0.1, 0.15) is 36.6 Å². The normalized spacial score (nSPS) is 31.0. The van der Waals surface area contributed by atoms with E-state index in [0.29, 0.717) is 12.8 Å². The number of aliphatic hydroxyl groups excluding tert-OH is 3. The highest BCUT2D eigenvalue weighted by atomic mass is 16.6. The van der Waals surface area contributed by atoms with Crippen molar-refractivity contribution in [2.45, 2.75) is 176 Å². The molecule has 3 rings (SSSR count). The van der Waals surface area contributed by atoms with Crippen LogP contribution in [0.1, 0.15) is 107 Å². The van der Waals surface area contributed by atoms with Crippen molar-refractivity contribution in [2.75, 3.05) is 28.2 Å². The number of ether oxygens (including phenoxy) is 4. The third-order valence-corrected chi connectivity index (χ3v) is 13.0. The molecule has 0 aromatic heterocycles. The number of allylic oxidation sites excluding steroid dienone is 4. The third-order valence-electron chi connectivity index (χ3n) is 13.0. The van der Waals surface area contributed by atoms with Gasteiger partial charge in [-0.1, -0.05) is 124 Å². The van der Waals surface area contributed by atoms with Crippen molar-refractivity contribution in [3.05, 3.63) is 60.2 Å². The minimum absolute atomic E-state index is 0.0306. The van der Waals surface area contributed by atoms with Gasteiger partial charge in [-0.3, -0.25) is 19.3 Å². The van der Waals surface area contributed by atoms with E-state index in [2.05, 4.69) is 0 Å². The predicted molar refractivity (Wildman–Crippen MR) is 259 cm³/mol. The Morgan fingerprint density at radius 3 is 1.69 bits per heavy atom. The van der Waals surface area contributed by atoms with Crippen LogP contribution in [0.4, 0.5) is 0 Å². The van der Waals surface area contributed by atoms with Gasteiger partial charge in [0.25, 0.3) is 17.7 Å². The average Bonchev–Trinajstić information content (AvgIpc) is 3.28. The fraction of sp³-hybridized carbons (Fsp3) is 0.712. The van der Waals surface area contributed by atoms with Crippen LogP contribution in [0.5, 0.6) is 0 Å². The number of carbonyl (C=O) groups excluding carboxylic acids is 5. The predicted octanol–water partition coefficient (Wildman–Crippen LogP) is 5.18. The van der Waals surface area contributed by atoms with Gasteiger partial charge in [-0.05, 0) is 87.1 Å². The van der Waals surface area contributed by atoms with Crippen LogP contribution in [0.2, 0.25) is 0 Å². The summed E-state index contributed by atoms with van der Waals surface area (Å²) in [6, 6.07) is 4.78. The van der Waals surface area contributed by atoms with E-state index in [1.165, 1.54) is 47.7 Å². The largest absolute Gasteiger partial charge is 0.456 e. The van der Waals surface area contributed by atoms with Crippen LogP contribution >= 0.6 is 0 Å². The first kappa shape index (κ1) is 58.1. The second kappa shape index (κ2) is 26.7. The quantitative estimate of drug-likeness (QED) is 0.246. The highest BCUT2D eigenvalue weighted by Gasteiger charge is 2.44. The summed E-state index contributed by atoms with van der Waals surface area (Å²) in [6.45, 7) is 19.6. The molecule has 3 amide bonds. The number of hydrogen-bond acceptors (Lipinski definition) is 13. The van der Waals surface area contributed by atoms with Crippen LogP contribution in [0.25, 0.3) is 0 Å². The maximum absolute atomic E-state index is 14.7. The summed E-state index contributed by atoms with van der Waals surface area (Å²) in [4.78, 5) is 77.9. The van der Waals surface area contributed by atoms with Crippen molar-refractivity contribution >= 4 is 29.7 Å². The molecule has 12 atom stereocenters. The molecule has 0 radical (unpaired) electrons. The molecule has 12 unspecified atom stereocenters. The molecule has 1 saturated heterocycles. The van der Waals surface area contributed by atoms with Crippen molar-refractivity contribution in [1.29, 1.82) is 0 Å². The molecule has 1 aliphatic carbocycles.